The fourth-order valence-electron chi connectivity index (χ4n) is 1.09. The lowest BCUT2D eigenvalue weighted by Gasteiger charge is -1.91. The molecule has 0 fully saturated rings. The van der Waals surface area contributed by atoms with E-state index in [0.29, 0.717) is 0 Å². The largest absolute Gasteiger partial charge is 0.325 e. The maximum absolute atomic E-state index is 11.3. The molecule has 2 aromatic rings. The van der Waals surface area contributed by atoms with Crippen LogP contribution in [0.4, 0.5) is 5.69 Å². The summed E-state index contributed by atoms with van der Waals surface area (Å²) in [5.41, 5.74) is -0.161. The van der Waals surface area contributed by atoms with E-state index in [1.807, 2.05) is 0 Å². The Morgan fingerprint density at radius 2 is 2.25 bits per heavy atom. The van der Waals surface area contributed by atoms with E-state index in [2.05, 4.69) is 19.9 Å². The van der Waals surface area contributed by atoms with Gasteiger partial charge in [0.2, 0.25) is 0 Å². The maximum atomic E-state index is 11.3. The Labute approximate surface area is 89.7 Å². The molecule has 0 aliphatic rings. The monoisotopic (exact) mass is 216 g/mol. The fraction of sp³-hybridized carbons (Fsp3) is 0. The Bertz CT molecular complexity index is 612. The van der Waals surface area contributed by atoms with E-state index < -0.39 is 11.2 Å². The molecule has 0 spiro atoms. The van der Waals surface area contributed by atoms with Gasteiger partial charge in [-0.15, -0.1) is 0 Å². The molecule has 0 radical (unpaired) electrons. The minimum Gasteiger partial charge on any atom is -0.312 e. The van der Waals surface area contributed by atoms with E-state index in [0.717, 1.165) is 5.56 Å². The first-order chi connectivity index (χ1) is 7.75. The molecule has 6 heteroatoms. The van der Waals surface area contributed by atoms with Crippen molar-refractivity contribution in [2.24, 2.45) is 4.99 Å². The summed E-state index contributed by atoms with van der Waals surface area (Å²) in [6.45, 7) is 0. The second-order valence-electron chi connectivity index (χ2n) is 3.00. The highest BCUT2D eigenvalue weighted by atomic mass is 16.2. The van der Waals surface area contributed by atoms with Crippen molar-refractivity contribution in [1.82, 2.24) is 15.0 Å². The molecule has 2 rings (SSSR count). The van der Waals surface area contributed by atoms with Crippen LogP contribution in [0.3, 0.4) is 0 Å². The van der Waals surface area contributed by atoms with Crippen molar-refractivity contribution >= 4 is 11.9 Å². The molecule has 80 valence electrons. The van der Waals surface area contributed by atoms with E-state index in [-0.39, 0.29) is 5.69 Å². The average Bonchev–Trinajstić information content (AvgIpc) is 2.29. The highest BCUT2D eigenvalue weighted by Crippen LogP contribution is 1.99. The number of nitrogens with one attached hydrogen (secondary N) is 2. The summed E-state index contributed by atoms with van der Waals surface area (Å²) in [5.74, 6) is 0. The van der Waals surface area contributed by atoms with Gasteiger partial charge in [-0.3, -0.25) is 14.8 Å². The first-order valence-electron chi connectivity index (χ1n) is 4.52. The summed E-state index contributed by atoms with van der Waals surface area (Å²) in [6, 6.07) is 3.56. The van der Waals surface area contributed by atoms with Crippen molar-refractivity contribution < 1.29 is 0 Å². The number of hydrogen-bond acceptors (Lipinski definition) is 4. The second kappa shape index (κ2) is 4.35. The molecule has 0 saturated carbocycles. The van der Waals surface area contributed by atoms with Gasteiger partial charge in [-0.05, 0) is 6.07 Å². The van der Waals surface area contributed by atoms with Crippen LogP contribution in [0.5, 0.6) is 0 Å². The van der Waals surface area contributed by atoms with E-state index in [1.165, 1.54) is 12.4 Å². The predicted molar refractivity (Wildman–Crippen MR) is 59.2 cm³/mol. The van der Waals surface area contributed by atoms with Crippen molar-refractivity contribution in [2.75, 3.05) is 0 Å². The van der Waals surface area contributed by atoms with Gasteiger partial charge < -0.3 is 4.98 Å². The number of pyridine rings is 1. The van der Waals surface area contributed by atoms with Crippen molar-refractivity contribution in [3.05, 3.63) is 57.1 Å². The van der Waals surface area contributed by atoms with Gasteiger partial charge in [0.1, 0.15) is 5.69 Å². The Hall–Kier alpha value is -2.50. The number of aromatic nitrogens is 3. The van der Waals surface area contributed by atoms with Crippen molar-refractivity contribution in [2.45, 2.75) is 0 Å². The van der Waals surface area contributed by atoms with Crippen LogP contribution in [0, 0.1) is 0 Å². The normalized spacial score (nSPS) is 10.8. The van der Waals surface area contributed by atoms with Crippen LogP contribution in [0.15, 0.2) is 45.3 Å². The molecule has 0 saturated heterocycles. The van der Waals surface area contributed by atoms with E-state index >= 15 is 0 Å². The van der Waals surface area contributed by atoms with Crippen molar-refractivity contribution in [3.63, 3.8) is 0 Å². The Morgan fingerprint density at radius 3 is 2.94 bits per heavy atom. The van der Waals surface area contributed by atoms with Gasteiger partial charge in [0.15, 0.2) is 0 Å². The number of hydrogen-bond donors (Lipinski definition) is 2. The summed E-state index contributed by atoms with van der Waals surface area (Å²) in [4.78, 5) is 34.3. The molecular formula is C10H8N4O2. The summed E-state index contributed by atoms with van der Waals surface area (Å²) in [5, 5.41) is 0. The molecule has 0 aromatic carbocycles. The number of aliphatic imine (C=N–C) groups is 1. The summed E-state index contributed by atoms with van der Waals surface area (Å²) >= 11 is 0. The van der Waals surface area contributed by atoms with Crippen LogP contribution in [0.25, 0.3) is 0 Å². The molecule has 0 aliphatic carbocycles. The zero-order valence-corrected chi connectivity index (χ0v) is 8.18. The lowest BCUT2D eigenvalue weighted by atomic mass is 10.3. The number of H-pyrrole nitrogens is 2. The van der Waals surface area contributed by atoms with E-state index in [9.17, 15) is 9.59 Å². The zero-order valence-electron chi connectivity index (χ0n) is 8.18. The zero-order chi connectivity index (χ0) is 11.4. The molecule has 0 aliphatic heterocycles. The van der Waals surface area contributed by atoms with Crippen LogP contribution in [0.1, 0.15) is 5.56 Å². The Balaban J connectivity index is 2.31. The minimum atomic E-state index is -0.551. The molecule has 2 heterocycles. The van der Waals surface area contributed by atoms with Crippen LogP contribution < -0.4 is 11.2 Å². The molecule has 16 heavy (non-hydrogen) atoms. The maximum Gasteiger partial charge on any atom is 0.325 e. The number of aromatic amines is 2. The van der Waals surface area contributed by atoms with Gasteiger partial charge >= 0.3 is 5.69 Å². The van der Waals surface area contributed by atoms with Crippen molar-refractivity contribution in [3.8, 4) is 0 Å². The number of nitrogens with zero attached hydrogens (tertiary/aromatic N) is 2. The highest BCUT2D eigenvalue weighted by Gasteiger charge is 1.95. The molecular weight excluding hydrogens is 208 g/mol. The molecule has 0 atom stereocenters. The van der Waals surface area contributed by atoms with E-state index in [1.54, 1.807) is 24.5 Å². The third-order valence-electron chi connectivity index (χ3n) is 1.84. The topological polar surface area (TPSA) is 91.0 Å². The number of rotatable bonds is 2. The van der Waals surface area contributed by atoms with E-state index in [4.69, 9.17) is 0 Å². The Morgan fingerprint density at radius 1 is 1.38 bits per heavy atom. The molecule has 2 N–H and O–H groups in total. The van der Waals surface area contributed by atoms with Gasteiger partial charge in [0, 0.05) is 30.4 Å². The van der Waals surface area contributed by atoms with Gasteiger partial charge in [0.05, 0.1) is 0 Å². The molecule has 0 unspecified atom stereocenters. The van der Waals surface area contributed by atoms with Crippen molar-refractivity contribution in [1.29, 1.82) is 0 Å². The highest BCUT2D eigenvalue weighted by molar-refractivity contribution is 5.81. The smallest absolute Gasteiger partial charge is 0.312 e. The van der Waals surface area contributed by atoms with Crippen LogP contribution in [0.2, 0.25) is 0 Å². The summed E-state index contributed by atoms with van der Waals surface area (Å²) in [6.07, 6.45) is 6.01. The van der Waals surface area contributed by atoms with Gasteiger partial charge in [0.25, 0.3) is 5.56 Å². The Kier molecular flexibility index (Phi) is 2.73. The first-order valence-corrected chi connectivity index (χ1v) is 4.52. The quantitative estimate of drug-likeness (QED) is 0.703. The first kappa shape index (κ1) is 10.0. The third-order valence-corrected chi connectivity index (χ3v) is 1.84. The van der Waals surface area contributed by atoms with Crippen LogP contribution >= 0.6 is 0 Å². The fourth-order valence-corrected chi connectivity index (χ4v) is 1.09. The summed E-state index contributed by atoms with van der Waals surface area (Å²) in [7, 11) is 0. The SMILES string of the molecule is O=c1[nH]cc(/N=C/c2cccnc2)c(=O)[nH]1. The predicted octanol–water partition coefficient (Wildman–Crippen LogP) is 0.209. The van der Waals surface area contributed by atoms with Gasteiger partial charge in [-0.1, -0.05) is 6.07 Å². The lowest BCUT2D eigenvalue weighted by molar-refractivity contribution is 1.03. The molecule has 2 aromatic heterocycles. The molecule has 6 nitrogen and oxygen atoms in total. The van der Waals surface area contributed by atoms with Gasteiger partial charge in [-0.2, -0.15) is 0 Å². The van der Waals surface area contributed by atoms with Gasteiger partial charge in [-0.25, -0.2) is 9.79 Å². The van der Waals surface area contributed by atoms with Crippen LogP contribution in [-0.4, -0.2) is 21.2 Å². The summed E-state index contributed by atoms with van der Waals surface area (Å²) < 4.78 is 0. The molecule has 0 bridgehead atoms. The average molecular weight is 216 g/mol. The standard InChI is InChI=1S/C10H8N4O2/c15-9-8(6-13-10(16)14-9)12-5-7-2-1-3-11-4-7/h1-6H,(H2,13,14,15,16)/b12-5+. The molecule has 0 amide bonds. The lowest BCUT2D eigenvalue weighted by Crippen LogP contribution is -2.20. The second-order valence-corrected chi connectivity index (χ2v) is 3.00. The van der Waals surface area contributed by atoms with Crippen LogP contribution in [-0.2, 0) is 0 Å². The third kappa shape index (κ3) is 2.30. The minimum absolute atomic E-state index is 0.142.